The first kappa shape index (κ1) is 28.3. The molecule has 0 heterocycles. The molecule has 7 N–H and O–H groups in total. The number of carbonyl (C=O) groups excluding carboxylic acids is 3. The van der Waals surface area contributed by atoms with Crippen molar-refractivity contribution < 1.29 is 34.2 Å². The average molecular weight is 445 g/mol. The summed E-state index contributed by atoms with van der Waals surface area (Å²) in [5, 5.41) is 25.2. The molecule has 11 heteroatoms. The predicted molar refractivity (Wildman–Crippen MR) is 113 cm³/mol. The molecular weight excluding hydrogens is 408 g/mol. The summed E-state index contributed by atoms with van der Waals surface area (Å²) in [7, 11) is 0. The molecule has 11 nitrogen and oxygen atoms in total. The largest absolute Gasteiger partial charge is 0.481 e. The molecule has 178 valence electrons. The lowest BCUT2D eigenvalue weighted by atomic mass is 9.95. The quantitative estimate of drug-likeness (QED) is 0.213. The number of rotatable bonds is 14. The summed E-state index contributed by atoms with van der Waals surface area (Å²) >= 11 is 0. The minimum atomic E-state index is -1.40. The maximum atomic E-state index is 12.7. The van der Waals surface area contributed by atoms with Crippen LogP contribution in [0, 0.1) is 11.8 Å². The van der Waals surface area contributed by atoms with Gasteiger partial charge < -0.3 is 31.9 Å². The number of nitrogens with two attached hydrogens (primary N) is 1. The molecule has 0 fully saturated rings. The van der Waals surface area contributed by atoms with Crippen LogP contribution in [0.3, 0.4) is 0 Å². The Morgan fingerprint density at radius 1 is 0.806 bits per heavy atom. The second kappa shape index (κ2) is 13.6. The SMILES string of the molecule is CC[C@H](C)[C@H](N)C(=O)N[C@H](C(=O)N[C@@H](C)C(=O)N[C@@H](CCC(=O)O)C(=O)O)[C@@H](C)CC. The topological polar surface area (TPSA) is 188 Å². The molecule has 0 aliphatic rings. The van der Waals surface area contributed by atoms with Crippen molar-refractivity contribution >= 4 is 29.7 Å². The van der Waals surface area contributed by atoms with E-state index >= 15 is 0 Å². The van der Waals surface area contributed by atoms with Gasteiger partial charge in [-0.25, -0.2) is 4.79 Å². The minimum Gasteiger partial charge on any atom is -0.481 e. The fourth-order valence-corrected chi connectivity index (χ4v) is 2.65. The van der Waals surface area contributed by atoms with Gasteiger partial charge in [0.25, 0.3) is 0 Å². The Morgan fingerprint density at radius 3 is 1.81 bits per heavy atom. The molecule has 0 unspecified atom stereocenters. The third-order valence-electron chi connectivity index (χ3n) is 5.37. The van der Waals surface area contributed by atoms with E-state index in [0.717, 1.165) is 0 Å². The normalized spacial score (nSPS) is 16.7. The second-order valence-corrected chi connectivity index (χ2v) is 7.85. The van der Waals surface area contributed by atoms with Gasteiger partial charge >= 0.3 is 11.9 Å². The van der Waals surface area contributed by atoms with Crippen molar-refractivity contribution in [2.45, 2.75) is 84.5 Å². The molecule has 0 aromatic carbocycles. The van der Waals surface area contributed by atoms with Gasteiger partial charge in [-0.1, -0.05) is 40.5 Å². The molecule has 31 heavy (non-hydrogen) atoms. The molecule has 0 spiro atoms. The Labute approximate surface area is 182 Å². The van der Waals surface area contributed by atoms with E-state index in [4.69, 9.17) is 15.9 Å². The van der Waals surface area contributed by atoms with Crippen molar-refractivity contribution in [3.8, 4) is 0 Å². The van der Waals surface area contributed by atoms with E-state index in [9.17, 15) is 24.0 Å². The molecule has 0 aromatic heterocycles. The van der Waals surface area contributed by atoms with Gasteiger partial charge in [-0.05, 0) is 25.2 Å². The predicted octanol–water partition coefficient (Wildman–Crippen LogP) is -0.170. The fourth-order valence-electron chi connectivity index (χ4n) is 2.65. The van der Waals surface area contributed by atoms with Crippen LogP contribution in [0.25, 0.3) is 0 Å². The smallest absolute Gasteiger partial charge is 0.326 e. The van der Waals surface area contributed by atoms with E-state index in [2.05, 4.69) is 16.0 Å². The van der Waals surface area contributed by atoms with E-state index in [1.54, 1.807) is 6.92 Å². The van der Waals surface area contributed by atoms with Crippen LogP contribution in [-0.2, 0) is 24.0 Å². The Morgan fingerprint density at radius 2 is 1.35 bits per heavy atom. The van der Waals surface area contributed by atoms with Crippen LogP contribution in [0.1, 0.15) is 60.3 Å². The molecule has 0 aliphatic heterocycles. The summed E-state index contributed by atoms with van der Waals surface area (Å²) in [5.41, 5.74) is 5.94. The van der Waals surface area contributed by atoms with E-state index in [1.165, 1.54) is 6.92 Å². The first-order valence-electron chi connectivity index (χ1n) is 10.5. The van der Waals surface area contributed by atoms with Gasteiger partial charge in [0.05, 0.1) is 6.04 Å². The molecular formula is C20H36N4O7. The molecule has 0 bridgehead atoms. The van der Waals surface area contributed by atoms with Gasteiger partial charge in [0.15, 0.2) is 0 Å². The van der Waals surface area contributed by atoms with Gasteiger partial charge in [0, 0.05) is 6.42 Å². The second-order valence-electron chi connectivity index (χ2n) is 7.85. The van der Waals surface area contributed by atoms with Crippen molar-refractivity contribution in [1.82, 2.24) is 16.0 Å². The van der Waals surface area contributed by atoms with Gasteiger partial charge in [-0.3, -0.25) is 19.2 Å². The number of carbonyl (C=O) groups is 5. The average Bonchev–Trinajstić information content (AvgIpc) is 2.71. The van der Waals surface area contributed by atoms with E-state index in [0.29, 0.717) is 12.8 Å². The molecule has 0 aromatic rings. The van der Waals surface area contributed by atoms with Crippen molar-refractivity contribution in [2.24, 2.45) is 17.6 Å². The minimum absolute atomic E-state index is 0.0795. The first-order chi connectivity index (χ1) is 14.3. The van der Waals surface area contributed by atoms with Gasteiger partial charge in [-0.2, -0.15) is 0 Å². The molecule has 6 atom stereocenters. The van der Waals surface area contributed by atoms with E-state index in [1.807, 2.05) is 20.8 Å². The highest BCUT2D eigenvalue weighted by Crippen LogP contribution is 2.11. The molecule has 0 aliphatic carbocycles. The summed E-state index contributed by atoms with van der Waals surface area (Å²) in [5.74, 6) is -4.74. The lowest BCUT2D eigenvalue weighted by Crippen LogP contribution is -2.58. The third-order valence-corrected chi connectivity index (χ3v) is 5.37. The van der Waals surface area contributed by atoms with Crippen LogP contribution in [0.4, 0.5) is 0 Å². The Bertz CT molecular complexity index is 655. The van der Waals surface area contributed by atoms with Gasteiger partial charge in [0.1, 0.15) is 18.1 Å². The van der Waals surface area contributed by atoms with Crippen molar-refractivity contribution in [1.29, 1.82) is 0 Å². The number of hydrogen-bond donors (Lipinski definition) is 6. The van der Waals surface area contributed by atoms with E-state index in [-0.39, 0.29) is 18.3 Å². The lowest BCUT2D eigenvalue weighted by Gasteiger charge is -2.28. The number of hydrogen-bond acceptors (Lipinski definition) is 6. The maximum absolute atomic E-state index is 12.7. The Hall–Kier alpha value is -2.69. The summed E-state index contributed by atoms with van der Waals surface area (Å²) in [6, 6.07) is -4.21. The molecule has 0 saturated carbocycles. The molecule has 0 saturated heterocycles. The number of carboxylic acid groups (broad SMARTS) is 2. The van der Waals surface area contributed by atoms with Crippen molar-refractivity contribution in [3.63, 3.8) is 0 Å². The van der Waals surface area contributed by atoms with E-state index < -0.39 is 60.2 Å². The Balaban J connectivity index is 5.15. The van der Waals surface area contributed by atoms with Crippen LogP contribution in [0.2, 0.25) is 0 Å². The lowest BCUT2D eigenvalue weighted by molar-refractivity contribution is -0.143. The number of aliphatic carboxylic acids is 2. The standard InChI is InChI=1S/C20H36N4O7/c1-6-10(3)15(21)18(28)24-16(11(4)7-2)19(29)22-12(5)17(27)23-13(20(30)31)8-9-14(25)26/h10-13,15-16H,6-9,21H2,1-5H3,(H,22,29)(H,23,27)(H,24,28)(H,25,26)(H,30,31)/t10-,11-,12-,13-,15-,16-/m0/s1. The summed E-state index contributed by atoms with van der Waals surface area (Å²) in [4.78, 5) is 59.4. The zero-order chi connectivity index (χ0) is 24.3. The van der Waals surface area contributed by atoms with Crippen LogP contribution in [0.15, 0.2) is 0 Å². The fraction of sp³-hybridized carbons (Fsp3) is 0.750. The zero-order valence-corrected chi connectivity index (χ0v) is 18.8. The van der Waals surface area contributed by atoms with Gasteiger partial charge in [0.2, 0.25) is 17.7 Å². The number of nitrogens with one attached hydrogen (secondary N) is 3. The highest BCUT2D eigenvalue weighted by Gasteiger charge is 2.31. The molecule has 3 amide bonds. The molecule has 0 radical (unpaired) electrons. The zero-order valence-electron chi connectivity index (χ0n) is 18.8. The number of carboxylic acids is 2. The van der Waals surface area contributed by atoms with Crippen LogP contribution in [-0.4, -0.2) is 64.0 Å². The monoisotopic (exact) mass is 444 g/mol. The van der Waals surface area contributed by atoms with Crippen LogP contribution in [0.5, 0.6) is 0 Å². The maximum Gasteiger partial charge on any atom is 0.326 e. The first-order valence-corrected chi connectivity index (χ1v) is 10.5. The van der Waals surface area contributed by atoms with Crippen molar-refractivity contribution in [2.75, 3.05) is 0 Å². The highest BCUT2D eigenvalue weighted by atomic mass is 16.4. The summed E-state index contributed by atoms with van der Waals surface area (Å²) in [6.45, 7) is 8.72. The van der Waals surface area contributed by atoms with Crippen LogP contribution < -0.4 is 21.7 Å². The highest BCUT2D eigenvalue weighted by molar-refractivity contribution is 5.94. The van der Waals surface area contributed by atoms with Crippen molar-refractivity contribution in [3.05, 3.63) is 0 Å². The number of amides is 3. The molecule has 0 rings (SSSR count). The summed E-state index contributed by atoms with van der Waals surface area (Å²) < 4.78 is 0. The van der Waals surface area contributed by atoms with Gasteiger partial charge in [-0.15, -0.1) is 0 Å². The Kier molecular flexibility index (Phi) is 12.4. The third kappa shape index (κ3) is 9.77. The summed E-state index contributed by atoms with van der Waals surface area (Å²) in [6.07, 6.45) is 0.541. The van der Waals surface area contributed by atoms with Crippen LogP contribution >= 0.6 is 0 Å².